The molecule has 47 heavy (non-hydrogen) atoms. The summed E-state index contributed by atoms with van der Waals surface area (Å²) in [6.45, 7) is 8.55. The van der Waals surface area contributed by atoms with Gasteiger partial charge in [0.05, 0.1) is 18.1 Å². The van der Waals surface area contributed by atoms with Gasteiger partial charge in [-0.15, -0.1) is 0 Å². The predicted octanol–water partition coefficient (Wildman–Crippen LogP) is 3.39. The lowest BCUT2D eigenvalue weighted by Gasteiger charge is -2.63. The number of nitrogens with two attached hydrogens (primary N) is 1. The fraction of sp³-hybridized carbons (Fsp3) is 0.875. The molecule has 15 heteroatoms. The third kappa shape index (κ3) is 11.0. The van der Waals surface area contributed by atoms with E-state index in [-0.39, 0.29) is 48.0 Å². The Balaban J connectivity index is 1.57. The van der Waals surface area contributed by atoms with E-state index in [0.717, 1.165) is 51.4 Å². The second kappa shape index (κ2) is 18.0. The second-order valence-electron chi connectivity index (χ2n) is 14.6. The maximum absolute atomic E-state index is 13.7. The van der Waals surface area contributed by atoms with Crippen molar-refractivity contribution in [1.29, 1.82) is 5.26 Å². The minimum absolute atomic E-state index is 0.0392. The molecule has 0 aromatic rings. The van der Waals surface area contributed by atoms with Crippen LogP contribution in [0.1, 0.15) is 124 Å². The number of carbonyl (C=O) groups excluding carboxylic acids is 2. The third-order valence-corrected chi connectivity index (χ3v) is 10.2. The summed E-state index contributed by atoms with van der Waals surface area (Å²) in [5, 5.41) is 34.4. The molecule has 7 N–H and O–H groups in total. The molecule has 0 aromatic carbocycles. The normalized spacial score (nSPS) is 25.7. The molecule has 0 spiro atoms. The van der Waals surface area contributed by atoms with Crippen molar-refractivity contribution < 1.29 is 34.2 Å². The highest BCUT2D eigenvalue weighted by Gasteiger charge is 2.70. The zero-order valence-corrected chi connectivity index (χ0v) is 28.7. The fourth-order valence-electron chi connectivity index (χ4n) is 7.38. The first-order valence-corrected chi connectivity index (χ1v) is 17.5. The molecule has 2 amide bonds. The molecular formula is C32H57BN7O7+. The van der Waals surface area contributed by atoms with E-state index in [1.54, 1.807) is 0 Å². The molecular weight excluding hydrogens is 605 g/mol. The van der Waals surface area contributed by atoms with Crippen molar-refractivity contribution in [3.8, 4) is 6.07 Å². The van der Waals surface area contributed by atoms with Crippen LogP contribution >= 0.6 is 0 Å². The van der Waals surface area contributed by atoms with Crippen LogP contribution < -0.4 is 21.8 Å². The molecule has 0 aromatic heterocycles. The molecule has 6 atom stereocenters. The molecule has 3 saturated carbocycles. The number of unbranched alkanes of at least 4 members (excludes halogenated alkanes) is 8. The number of aliphatic imine (C=N–C) groups is 1. The summed E-state index contributed by atoms with van der Waals surface area (Å²) in [4.78, 5) is 41.4. The summed E-state index contributed by atoms with van der Waals surface area (Å²) in [5.41, 5.74) is 7.42. The predicted molar refractivity (Wildman–Crippen MR) is 176 cm³/mol. The molecule has 1 saturated heterocycles. The molecule has 2 bridgehead atoms. The fourth-order valence-corrected chi connectivity index (χ4v) is 7.38. The van der Waals surface area contributed by atoms with Crippen molar-refractivity contribution in [3.63, 3.8) is 0 Å². The third-order valence-electron chi connectivity index (χ3n) is 10.2. The summed E-state index contributed by atoms with van der Waals surface area (Å²) in [5.74, 6) is -2.20. The van der Waals surface area contributed by atoms with Gasteiger partial charge in [0.1, 0.15) is 10.9 Å². The lowest BCUT2D eigenvalue weighted by Crippen LogP contribution is -2.66. The molecule has 1 heterocycles. The Morgan fingerprint density at radius 3 is 2.36 bits per heavy atom. The largest absolute Gasteiger partial charge is 0.483 e. The van der Waals surface area contributed by atoms with Crippen LogP contribution in [0.4, 0.5) is 0 Å². The van der Waals surface area contributed by atoms with E-state index < -0.39 is 36.0 Å². The molecule has 0 unspecified atom stereocenters. The lowest BCUT2D eigenvalue weighted by molar-refractivity contribution is -0.822. The first-order chi connectivity index (χ1) is 22.3. The Kier molecular flexibility index (Phi) is 14.7. The number of guanidine groups is 1. The van der Waals surface area contributed by atoms with Crippen LogP contribution in [0.25, 0.3) is 0 Å². The molecule has 4 rings (SSSR count). The molecule has 264 valence electrons. The van der Waals surface area contributed by atoms with Gasteiger partial charge in [0.2, 0.25) is 11.8 Å². The summed E-state index contributed by atoms with van der Waals surface area (Å²) in [7, 11) is -0.821. The van der Waals surface area contributed by atoms with E-state index in [9.17, 15) is 19.6 Å². The average Bonchev–Trinajstić information content (AvgIpc) is 3.36. The number of hydrogen-bond acceptors (Lipinski definition) is 8. The van der Waals surface area contributed by atoms with Crippen LogP contribution in [0.15, 0.2) is 4.99 Å². The van der Waals surface area contributed by atoms with Crippen LogP contribution in [0.3, 0.4) is 0 Å². The standard InChI is InChI=1S/C32H56BN7O7/c1-22(2)19-27(33-46-26-21-23-20-25(31(23,3)4)32(26,43)47-33)38-29(42)24(15-14-18-36-30(35)39-40(44)45)37-28(41)16-12-10-8-6-5-7-9-11-13-17-34/h22-27,43H,5-16,18-21H2,1-4H3,(H5-,35,36,37,38,39,41,42,44,45)/p+1/t23-,24-,25-,26+,27-,32-/m0/s1. The number of carbonyl (C=O) groups is 2. The molecule has 14 nitrogen and oxygen atoms in total. The van der Waals surface area contributed by atoms with E-state index in [1.165, 1.54) is 0 Å². The Bertz CT molecular complexity index is 1130. The Morgan fingerprint density at radius 1 is 1.09 bits per heavy atom. The van der Waals surface area contributed by atoms with Crippen LogP contribution in [0.2, 0.25) is 0 Å². The van der Waals surface area contributed by atoms with Gasteiger partial charge in [-0.1, -0.05) is 66.2 Å². The van der Waals surface area contributed by atoms with Gasteiger partial charge < -0.3 is 30.8 Å². The number of aliphatic hydroxyl groups is 1. The number of amides is 2. The maximum Gasteiger partial charge on any atom is 0.483 e. The number of hydrogen-bond donors (Lipinski definition) is 6. The molecule has 0 radical (unpaired) electrons. The highest BCUT2D eigenvalue weighted by molar-refractivity contribution is 6.47. The van der Waals surface area contributed by atoms with Crippen LogP contribution in [0, 0.1) is 39.4 Å². The summed E-state index contributed by atoms with van der Waals surface area (Å²) in [6, 6.07) is 1.31. The van der Waals surface area contributed by atoms with Crippen LogP contribution in [-0.2, 0) is 18.9 Å². The lowest BCUT2D eigenvalue weighted by atomic mass is 9.46. The Morgan fingerprint density at radius 2 is 1.74 bits per heavy atom. The van der Waals surface area contributed by atoms with Crippen molar-refractivity contribution in [2.45, 2.75) is 148 Å². The SMILES string of the molecule is CC(C)C[C@H](NC(=O)[C@H](CCCN=C(N)N[N+](=O)O)NC(=O)CCCCCCCCCCC#N)B1O[C@@H]2C[C@@H]3C[C@@H](C3(C)C)[C@]2(O)O1. The van der Waals surface area contributed by atoms with E-state index in [0.29, 0.717) is 44.4 Å². The minimum atomic E-state index is -1.39. The van der Waals surface area contributed by atoms with Crippen molar-refractivity contribution >= 4 is 24.9 Å². The van der Waals surface area contributed by atoms with Crippen molar-refractivity contribution in [1.82, 2.24) is 16.1 Å². The number of nitrogens with zero attached hydrogens (tertiary/aromatic N) is 3. The van der Waals surface area contributed by atoms with Crippen LogP contribution in [-0.4, -0.2) is 70.7 Å². The van der Waals surface area contributed by atoms with Crippen LogP contribution in [0.5, 0.6) is 0 Å². The van der Waals surface area contributed by atoms with Gasteiger partial charge in [-0.25, -0.2) is 10.2 Å². The number of rotatable bonds is 21. The van der Waals surface area contributed by atoms with E-state index >= 15 is 0 Å². The molecule has 3 aliphatic carbocycles. The zero-order valence-electron chi connectivity index (χ0n) is 28.7. The molecule has 4 aliphatic rings. The van der Waals surface area contributed by atoms with E-state index in [4.69, 9.17) is 25.5 Å². The summed E-state index contributed by atoms with van der Waals surface area (Å²) >= 11 is 0. The quantitative estimate of drug-likeness (QED) is 0.0347. The highest BCUT2D eigenvalue weighted by Crippen LogP contribution is 2.65. The first-order valence-electron chi connectivity index (χ1n) is 17.5. The van der Waals surface area contributed by atoms with Gasteiger partial charge >= 0.3 is 12.2 Å². The first kappa shape index (κ1) is 38.5. The second-order valence-corrected chi connectivity index (χ2v) is 14.6. The van der Waals surface area contributed by atoms with Crippen molar-refractivity contribution in [2.75, 3.05) is 6.54 Å². The van der Waals surface area contributed by atoms with Gasteiger partial charge in [0.25, 0.3) is 5.96 Å². The zero-order chi connectivity index (χ0) is 34.6. The van der Waals surface area contributed by atoms with Gasteiger partial charge in [0, 0.05) is 25.3 Å². The summed E-state index contributed by atoms with van der Waals surface area (Å²) < 4.78 is 12.6. The van der Waals surface area contributed by atoms with Gasteiger partial charge in [-0.3, -0.25) is 9.59 Å². The van der Waals surface area contributed by atoms with Crippen molar-refractivity contribution in [2.24, 2.45) is 33.9 Å². The molecule has 1 aliphatic heterocycles. The smallest absolute Gasteiger partial charge is 0.401 e. The number of nitrogens with one attached hydrogen (secondary N) is 3. The highest BCUT2D eigenvalue weighted by atomic mass is 16.7. The van der Waals surface area contributed by atoms with Gasteiger partial charge in [-0.05, 0) is 67.6 Å². The Hall–Kier alpha value is -2.96. The van der Waals surface area contributed by atoms with E-state index in [1.807, 2.05) is 19.3 Å². The van der Waals surface area contributed by atoms with Crippen molar-refractivity contribution in [3.05, 3.63) is 4.91 Å². The number of nitriles is 1. The molecule has 4 fully saturated rings. The van der Waals surface area contributed by atoms with Gasteiger partial charge in [0.15, 0.2) is 5.79 Å². The number of hydrazine groups is 1. The topological polar surface area (TPSA) is 211 Å². The summed E-state index contributed by atoms with van der Waals surface area (Å²) in [6.07, 6.45) is 11.2. The average molecular weight is 663 g/mol. The monoisotopic (exact) mass is 662 g/mol. The van der Waals surface area contributed by atoms with E-state index in [2.05, 4.69) is 35.5 Å². The maximum atomic E-state index is 13.7. The Labute approximate surface area is 279 Å². The van der Waals surface area contributed by atoms with Gasteiger partial charge in [-0.2, -0.15) is 5.26 Å². The minimum Gasteiger partial charge on any atom is -0.401 e.